The molecule has 3 rings (SSSR count). The molecule has 0 atom stereocenters. The molecule has 1 N–H and O–H groups in total. The van der Waals surface area contributed by atoms with E-state index in [0.29, 0.717) is 36.2 Å². The Labute approximate surface area is 151 Å². The molecule has 0 aliphatic heterocycles. The second-order valence-corrected chi connectivity index (χ2v) is 6.04. The fourth-order valence-electron chi connectivity index (χ4n) is 2.64. The van der Waals surface area contributed by atoms with Crippen LogP contribution in [0.3, 0.4) is 0 Å². The number of H-pyrrole nitrogens is 1. The zero-order chi connectivity index (χ0) is 18.4. The van der Waals surface area contributed by atoms with Crippen LogP contribution < -0.4 is 10.3 Å². The Morgan fingerprint density at radius 3 is 2.65 bits per heavy atom. The highest BCUT2D eigenvalue weighted by molar-refractivity contribution is 5.77. The molecule has 1 heterocycles. The second-order valence-electron chi connectivity index (χ2n) is 6.04. The van der Waals surface area contributed by atoms with Crippen molar-refractivity contribution < 1.29 is 9.53 Å². The normalized spacial score (nSPS) is 10.7. The molecule has 0 aliphatic rings. The van der Waals surface area contributed by atoms with Crippen molar-refractivity contribution >= 4 is 16.8 Å². The van der Waals surface area contributed by atoms with Crippen LogP contribution in [-0.2, 0) is 11.3 Å². The van der Waals surface area contributed by atoms with Crippen LogP contribution in [0.1, 0.15) is 18.7 Å². The lowest BCUT2D eigenvalue weighted by Gasteiger charge is -2.16. The molecular formula is C20H21N3O3. The molecule has 0 saturated heterocycles. The van der Waals surface area contributed by atoms with E-state index in [0.717, 1.165) is 5.75 Å². The smallest absolute Gasteiger partial charge is 0.258 e. The number of carbonyl (C=O) groups excluding carboxylic acids is 1. The van der Waals surface area contributed by atoms with E-state index in [9.17, 15) is 9.59 Å². The summed E-state index contributed by atoms with van der Waals surface area (Å²) in [5.74, 6) is 1.26. The molecule has 3 aromatic rings. The van der Waals surface area contributed by atoms with E-state index in [4.69, 9.17) is 4.74 Å². The summed E-state index contributed by atoms with van der Waals surface area (Å²) in [6.07, 6.45) is 1.00. The summed E-state index contributed by atoms with van der Waals surface area (Å²) in [4.78, 5) is 33.1. The first-order valence-electron chi connectivity index (χ1n) is 8.53. The molecule has 26 heavy (non-hydrogen) atoms. The number of fused-ring (bicyclic) bond motifs is 1. The van der Waals surface area contributed by atoms with Crippen LogP contribution in [-0.4, -0.2) is 34.4 Å². The summed E-state index contributed by atoms with van der Waals surface area (Å²) in [5, 5.41) is 0.545. The maximum atomic E-state index is 12.3. The third-order valence-corrected chi connectivity index (χ3v) is 4.02. The van der Waals surface area contributed by atoms with Gasteiger partial charge in [-0.25, -0.2) is 4.98 Å². The lowest BCUT2D eigenvalue weighted by atomic mass is 10.2. The van der Waals surface area contributed by atoms with Gasteiger partial charge in [-0.05, 0) is 30.7 Å². The highest BCUT2D eigenvalue weighted by atomic mass is 16.5. The van der Waals surface area contributed by atoms with Crippen molar-refractivity contribution in [3.8, 4) is 5.75 Å². The Kier molecular flexibility index (Phi) is 5.63. The van der Waals surface area contributed by atoms with Crippen LogP contribution in [0.25, 0.3) is 10.9 Å². The van der Waals surface area contributed by atoms with Crippen LogP contribution in [0.15, 0.2) is 59.4 Å². The van der Waals surface area contributed by atoms with E-state index in [1.54, 1.807) is 30.1 Å². The number of carbonyl (C=O) groups is 1. The summed E-state index contributed by atoms with van der Waals surface area (Å²) in [7, 11) is 1.70. The van der Waals surface area contributed by atoms with Gasteiger partial charge in [0.2, 0.25) is 5.91 Å². The molecule has 0 saturated carbocycles. The molecule has 0 unspecified atom stereocenters. The number of benzene rings is 2. The van der Waals surface area contributed by atoms with Gasteiger partial charge in [0.25, 0.3) is 5.56 Å². The first kappa shape index (κ1) is 17.7. The minimum atomic E-state index is -0.192. The van der Waals surface area contributed by atoms with Gasteiger partial charge >= 0.3 is 0 Å². The van der Waals surface area contributed by atoms with Crippen molar-refractivity contribution in [1.29, 1.82) is 0 Å². The average Bonchev–Trinajstić information content (AvgIpc) is 2.66. The fraction of sp³-hybridized carbons (Fsp3) is 0.250. The summed E-state index contributed by atoms with van der Waals surface area (Å²) >= 11 is 0. The summed E-state index contributed by atoms with van der Waals surface area (Å²) in [6, 6.07) is 16.7. The van der Waals surface area contributed by atoms with Gasteiger partial charge in [-0.2, -0.15) is 0 Å². The zero-order valence-electron chi connectivity index (χ0n) is 14.6. The molecule has 0 bridgehead atoms. The first-order chi connectivity index (χ1) is 12.6. The SMILES string of the molecule is CN(Cc1nc2ccccc2c(=O)[nH]1)C(=O)CCCOc1ccccc1. The monoisotopic (exact) mass is 351 g/mol. The Morgan fingerprint density at radius 1 is 1.12 bits per heavy atom. The maximum Gasteiger partial charge on any atom is 0.258 e. The minimum absolute atomic E-state index is 0.0162. The third-order valence-electron chi connectivity index (χ3n) is 4.02. The number of aromatic amines is 1. The van der Waals surface area contributed by atoms with E-state index in [-0.39, 0.29) is 18.0 Å². The molecule has 0 radical (unpaired) electrons. The molecule has 0 aliphatic carbocycles. The Hall–Kier alpha value is -3.15. The third kappa shape index (κ3) is 4.47. The summed E-state index contributed by atoms with van der Waals surface area (Å²) < 4.78 is 5.59. The summed E-state index contributed by atoms with van der Waals surface area (Å²) in [6.45, 7) is 0.743. The Balaban J connectivity index is 1.52. The number of aromatic nitrogens is 2. The van der Waals surface area contributed by atoms with Gasteiger partial charge in [0.05, 0.1) is 24.1 Å². The number of hydrogen-bond donors (Lipinski definition) is 1. The Bertz CT molecular complexity index is 938. The molecule has 1 aromatic heterocycles. The van der Waals surface area contributed by atoms with Crippen LogP contribution in [0.4, 0.5) is 0 Å². The van der Waals surface area contributed by atoms with Crippen LogP contribution in [0.2, 0.25) is 0 Å². The lowest BCUT2D eigenvalue weighted by molar-refractivity contribution is -0.130. The van der Waals surface area contributed by atoms with Crippen molar-refractivity contribution in [1.82, 2.24) is 14.9 Å². The predicted molar refractivity (Wildman–Crippen MR) is 100 cm³/mol. The van der Waals surface area contributed by atoms with Crippen molar-refractivity contribution in [2.24, 2.45) is 0 Å². The molecule has 1 amide bonds. The number of hydrogen-bond acceptors (Lipinski definition) is 4. The highest BCUT2D eigenvalue weighted by Crippen LogP contribution is 2.10. The van der Waals surface area contributed by atoms with E-state index < -0.39 is 0 Å². The standard InChI is InChI=1S/C20H21N3O3/c1-23(19(24)12-7-13-26-15-8-3-2-4-9-15)14-18-21-17-11-6-5-10-16(17)20(25)22-18/h2-6,8-11H,7,12-14H2,1H3,(H,21,22,25). The Morgan fingerprint density at radius 2 is 1.85 bits per heavy atom. The fourth-order valence-corrected chi connectivity index (χ4v) is 2.64. The van der Waals surface area contributed by atoms with Crippen molar-refractivity contribution in [3.63, 3.8) is 0 Å². The van der Waals surface area contributed by atoms with Crippen molar-refractivity contribution in [2.75, 3.05) is 13.7 Å². The van der Waals surface area contributed by atoms with Crippen molar-refractivity contribution in [3.05, 3.63) is 70.8 Å². The van der Waals surface area contributed by atoms with Gasteiger partial charge in [-0.1, -0.05) is 30.3 Å². The van der Waals surface area contributed by atoms with Gasteiger partial charge in [0.15, 0.2) is 0 Å². The molecule has 6 heteroatoms. The highest BCUT2D eigenvalue weighted by Gasteiger charge is 2.11. The van der Waals surface area contributed by atoms with Crippen molar-refractivity contribution in [2.45, 2.75) is 19.4 Å². The molecule has 2 aromatic carbocycles. The number of nitrogens with one attached hydrogen (secondary N) is 1. The van der Waals surface area contributed by atoms with Gasteiger partial charge < -0.3 is 14.6 Å². The summed E-state index contributed by atoms with van der Waals surface area (Å²) in [5.41, 5.74) is 0.436. The van der Waals surface area contributed by atoms with Gasteiger partial charge in [0.1, 0.15) is 11.6 Å². The zero-order valence-corrected chi connectivity index (χ0v) is 14.6. The molecule has 0 spiro atoms. The topological polar surface area (TPSA) is 75.3 Å². The van der Waals surface area contributed by atoms with E-state index >= 15 is 0 Å². The van der Waals surface area contributed by atoms with E-state index in [1.807, 2.05) is 36.4 Å². The average molecular weight is 351 g/mol. The largest absolute Gasteiger partial charge is 0.494 e. The second kappa shape index (κ2) is 8.29. The number of para-hydroxylation sites is 2. The first-order valence-corrected chi connectivity index (χ1v) is 8.53. The van der Waals surface area contributed by atoms with Gasteiger partial charge in [-0.15, -0.1) is 0 Å². The van der Waals surface area contributed by atoms with E-state index in [2.05, 4.69) is 9.97 Å². The lowest BCUT2D eigenvalue weighted by Crippen LogP contribution is -2.28. The quantitative estimate of drug-likeness (QED) is 0.664. The minimum Gasteiger partial charge on any atom is -0.494 e. The van der Waals surface area contributed by atoms with Gasteiger partial charge in [0, 0.05) is 13.5 Å². The number of rotatable bonds is 7. The van der Waals surface area contributed by atoms with E-state index in [1.165, 1.54) is 0 Å². The predicted octanol–water partition coefficient (Wildman–Crippen LogP) is 2.74. The molecule has 0 fully saturated rings. The maximum absolute atomic E-state index is 12.3. The van der Waals surface area contributed by atoms with Crippen LogP contribution in [0, 0.1) is 0 Å². The molecular weight excluding hydrogens is 330 g/mol. The number of nitrogens with zero attached hydrogens (tertiary/aromatic N) is 2. The molecule has 134 valence electrons. The van der Waals surface area contributed by atoms with Crippen LogP contribution >= 0.6 is 0 Å². The van der Waals surface area contributed by atoms with Gasteiger partial charge in [-0.3, -0.25) is 9.59 Å². The van der Waals surface area contributed by atoms with Crippen LogP contribution in [0.5, 0.6) is 5.75 Å². The number of amides is 1. The number of ether oxygens (including phenoxy) is 1. The molecule has 6 nitrogen and oxygen atoms in total.